The molecule has 0 saturated heterocycles. The number of hydrogen-bond donors (Lipinski definition) is 2. The summed E-state index contributed by atoms with van der Waals surface area (Å²) in [7, 11) is 0. The molecule has 4 nitrogen and oxygen atoms in total. The zero-order valence-corrected chi connectivity index (χ0v) is 13.2. The summed E-state index contributed by atoms with van der Waals surface area (Å²) in [6.07, 6.45) is 1.27. The molecular formula is C19H19FN2O2. The van der Waals surface area contributed by atoms with Crippen molar-refractivity contribution in [3.05, 3.63) is 66.0 Å². The zero-order chi connectivity index (χ0) is 16.9. The van der Waals surface area contributed by atoms with Gasteiger partial charge < -0.3 is 10.6 Å². The number of rotatable bonds is 6. The Labute approximate surface area is 140 Å². The van der Waals surface area contributed by atoms with Crippen LogP contribution in [0.15, 0.2) is 54.6 Å². The lowest BCUT2D eigenvalue weighted by molar-refractivity contribution is -0.125. The Morgan fingerprint density at radius 1 is 0.958 bits per heavy atom. The number of nitrogens with one attached hydrogen (secondary N) is 2. The van der Waals surface area contributed by atoms with Gasteiger partial charge in [0.1, 0.15) is 5.82 Å². The molecular weight excluding hydrogens is 307 g/mol. The second-order valence-electron chi connectivity index (χ2n) is 5.94. The summed E-state index contributed by atoms with van der Waals surface area (Å²) in [5.74, 6) is -1.58. The first-order valence-corrected chi connectivity index (χ1v) is 8.02. The maximum Gasteiger partial charge on any atom is 0.228 e. The molecule has 2 aromatic carbocycles. The first-order valence-electron chi connectivity index (χ1n) is 8.02. The molecule has 0 radical (unpaired) electrons. The number of halogens is 1. The molecule has 2 N–H and O–H groups in total. The maximum absolute atomic E-state index is 13.5. The van der Waals surface area contributed by atoms with E-state index in [2.05, 4.69) is 10.6 Å². The number of hydrogen-bond acceptors (Lipinski definition) is 2. The Morgan fingerprint density at radius 3 is 2.38 bits per heavy atom. The largest absolute Gasteiger partial charge is 0.356 e. The van der Waals surface area contributed by atoms with E-state index in [1.165, 1.54) is 12.1 Å². The van der Waals surface area contributed by atoms with Crippen LogP contribution >= 0.6 is 0 Å². The number of carbonyl (C=O) groups excluding carboxylic acids is 2. The van der Waals surface area contributed by atoms with Gasteiger partial charge in [0.15, 0.2) is 0 Å². The van der Waals surface area contributed by atoms with Gasteiger partial charge in [-0.2, -0.15) is 0 Å². The molecule has 1 aliphatic carbocycles. The van der Waals surface area contributed by atoms with Gasteiger partial charge in [-0.25, -0.2) is 4.39 Å². The SMILES string of the molecule is O=C(NCCc1ccccc1)C1CC1C(=O)Nc1ccccc1F. The molecule has 24 heavy (non-hydrogen) atoms. The van der Waals surface area contributed by atoms with Crippen LogP contribution in [0.1, 0.15) is 12.0 Å². The summed E-state index contributed by atoms with van der Waals surface area (Å²) in [5.41, 5.74) is 1.31. The van der Waals surface area contributed by atoms with Crippen molar-refractivity contribution in [2.45, 2.75) is 12.8 Å². The third-order valence-electron chi connectivity index (χ3n) is 4.15. The Morgan fingerprint density at radius 2 is 1.62 bits per heavy atom. The number of para-hydroxylation sites is 1. The van der Waals surface area contributed by atoms with Gasteiger partial charge in [0.2, 0.25) is 11.8 Å². The summed E-state index contributed by atoms with van der Waals surface area (Å²) in [4.78, 5) is 24.1. The highest BCUT2D eigenvalue weighted by Crippen LogP contribution is 2.39. The third kappa shape index (κ3) is 3.98. The van der Waals surface area contributed by atoms with Crippen LogP contribution < -0.4 is 10.6 Å². The molecule has 124 valence electrons. The molecule has 2 atom stereocenters. The molecule has 0 aromatic heterocycles. The summed E-state index contributed by atoms with van der Waals surface area (Å²) >= 11 is 0. The van der Waals surface area contributed by atoms with Crippen LogP contribution in [0.5, 0.6) is 0 Å². The predicted octanol–water partition coefficient (Wildman–Crippen LogP) is 2.76. The van der Waals surface area contributed by atoms with Gasteiger partial charge in [0.05, 0.1) is 17.5 Å². The Kier molecular flexibility index (Phi) is 4.89. The number of amides is 2. The van der Waals surface area contributed by atoms with Crippen LogP contribution in [0.4, 0.5) is 10.1 Å². The molecule has 2 amide bonds. The van der Waals surface area contributed by atoms with E-state index in [1.807, 2.05) is 30.3 Å². The van der Waals surface area contributed by atoms with E-state index in [4.69, 9.17) is 0 Å². The van der Waals surface area contributed by atoms with Crippen molar-refractivity contribution in [2.24, 2.45) is 11.8 Å². The van der Waals surface area contributed by atoms with E-state index in [0.29, 0.717) is 13.0 Å². The first-order chi connectivity index (χ1) is 11.6. The summed E-state index contributed by atoms with van der Waals surface area (Å²) < 4.78 is 13.5. The van der Waals surface area contributed by atoms with Crippen molar-refractivity contribution in [3.63, 3.8) is 0 Å². The average molecular weight is 326 g/mol. The quantitative estimate of drug-likeness (QED) is 0.857. The highest BCUT2D eigenvalue weighted by Gasteiger charge is 2.47. The molecule has 5 heteroatoms. The Bertz CT molecular complexity index is 733. The van der Waals surface area contributed by atoms with Gasteiger partial charge in [-0.1, -0.05) is 42.5 Å². The van der Waals surface area contributed by atoms with E-state index < -0.39 is 5.82 Å². The Hall–Kier alpha value is -2.69. The normalized spacial score (nSPS) is 18.7. The molecule has 2 unspecified atom stereocenters. The van der Waals surface area contributed by atoms with Gasteiger partial charge in [0, 0.05) is 6.54 Å². The van der Waals surface area contributed by atoms with Crippen LogP contribution in [0.2, 0.25) is 0 Å². The summed E-state index contributed by atoms with van der Waals surface area (Å²) in [6.45, 7) is 0.543. The first kappa shape index (κ1) is 16.2. The van der Waals surface area contributed by atoms with Gasteiger partial charge in [-0.15, -0.1) is 0 Å². The van der Waals surface area contributed by atoms with Crippen LogP contribution in [-0.4, -0.2) is 18.4 Å². The fourth-order valence-corrected chi connectivity index (χ4v) is 2.67. The van der Waals surface area contributed by atoms with E-state index in [-0.39, 0.29) is 29.3 Å². The molecule has 3 rings (SSSR count). The molecule has 0 heterocycles. The Balaban J connectivity index is 1.43. The van der Waals surface area contributed by atoms with E-state index in [9.17, 15) is 14.0 Å². The molecule has 0 aliphatic heterocycles. The highest BCUT2D eigenvalue weighted by molar-refractivity contribution is 5.99. The highest BCUT2D eigenvalue weighted by atomic mass is 19.1. The maximum atomic E-state index is 13.5. The minimum absolute atomic E-state index is 0.111. The molecule has 0 bridgehead atoms. The lowest BCUT2D eigenvalue weighted by Crippen LogP contribution is -2.29. The van der Waals surface area contributed by atoms with Crippen molar-refractivity contribution in [1.29, 1.82) is 0 Å². The summed E-state index contributed by atoms with van der Waals surface area (Å²) in [5, 5.41) is 5.41. The van der Waals surface area contributed by atoms with Crippen molar-refractivity contribution in [1.82, 2.24) is 5.32 Å². The molecule has 1 saturated carbocycles. The minimum Gasteiger partial charge on any atom is -0.356 e. The van der Waals surface area contributed by atoms with Crippen LogP contribution in [-0.2, 0) is 16.0 Å². The minimum atomic E-state index is -0.477. The van der Waals surface area contributed by atoms with E-state index >= 15 is 0 Å². The number of benzene rings is 2. The van der Waals surface area contributed by atoms with E-state index in [0.717, 1.165) is 12.0 Å². The van der Waals surface area contributed by atoms with Gasteiger partial charge in [-0.05, 0) is 30.5 Å². The van der Waals surface area contributed by atoms with Crippen molar-refractivity contribution in [3.8, 4) is 0 Å². The lowest BCUT2D eigenvalue weighted by Gasteiger charge is -2.07. The molecule has 1 aliphatic rings. The fraction of sp³-hybridized carbons (Fsp3) is 0.263. The van der Waals surface area contributed by atoms with Crippen molar-refractivity contribution < 1.29 is 14.0 Å². The second kappa shape index (κ2) is 7.25. The standard InChI is InChI=1S/C19H19FN2O2/c20-16-8-4-5-9-17(16)22-19(24)15-12-14(15)18(23)21-11-10-13-6-2-1-3-7-13/h1-9,14-15H,10-12H2,(H,21,23)(H,22,24). The van der Waals surface area contributed by atoms with Crippen molar-refractivity contribution >= 4 is 17.5 Å². The van der Waals surface area contributed by atoms with Gasteiger partial charge in [-0.3, -0.25) is 9.59 Å². The van der Waals surface area contributed by atoms with Gasteiger partial charge in [0.25, 0.3) is 0 Å². The van der Waals surface area contributed by atoms with Crippen LogP contribution in [0.25, 0.3) is 0 Å². The smallest absolute Gasteiger partial charge is 0.228 e. The topological polar surface area (TPSA) is 58.2 Å². The van der Waals surface area contributed by atoms with Crippen LogP contribution in [0, 0.1) is 17.7 Å². The zero-order valence-electron chi connectivity index (χ0n) is 13.2. The lowest BCUT2D eigenvalue weighted by atomic mass is 10.1. The van der Waals surface area contributed by atoms with Crippen molar-refractivity contribution in [2.75, 3.05) is 11.9 Å². The second-order valence-corrected chi connectivity index (χ2v) is 5.94. The summed E-state index contributed by atoms with van der Waals surface area (Å²) in [6, 6.07) is 15.9. The monoisotopic (exact) mass is 326 g/mol. The van der Waals surface area contributed by atoms with Crippen LogP contribution in [0.3, 0.4) is 0 Å². The third-order valence-corrected chi connectivity index (χ3v) is 4.15. The average Bonchev–Trinajstić information content (AvgIpc) is 3.39. The molecule has 2 aromatic rings. The van der Waals surface area contributed by atoms with Gasteiger partial charge >= 0.3 is 0 Å². The number of carbonyl (C=O) groups is 2. The number of anilines is 1. The molecule has 0 spiro atoms. The predicted molar refractivity (Wildman–Crippen MR) is 89.8 cm³/mol. The molecule has 1 fully saturated rings. The fourth-order valence-electron chi connectivity index (χ4n) is 2.67. The van der Waals surface area contributed by atoms with E-state index in [1.54, 1.807) is 12.1 Å².